The molecule has 2 fully saturated rings. The second kappa shape index (κ2) is 7.69. The molecule has 0 amide bonds. The summed E-state index contributed by atoms with van der Waals surface area (Å²) in [5.74, 6) is 0.556. The molecular weight excluding hydrogens is 345 g/mol. The largest absolute Gasteiger partial charge is 0.480 e. The van der Waals surface area contributed by atoms with E-state index in [0.717, 1.165) is 24.8 Å². The maximum Gasteiger partial charge on any atom is 0.320 e. The minimum absolute atomic E-state index is 0.333. The van der Waals surface area contributed by atoms with Gasteiger partial charge in [-0.1, -0.05) is 31.0 Å². The molecule has 1 aliphatic heterocycles. The summed E-state index contributed by atoms with van der Waals surface area (Å²) >= 11 is 0. The van der Waals surface area contributed by atoms with Crippen LogP contribution >= 0.6 is 0 Å². The van der Waals surface area contributed by atoms with Crippen LogP contribution in [0.1, 0.15) is 37.7 Å². The van der Waals surface area contributed by atoms with E-state index < -0.39 is 5.97 Å². The summed E-state index contributed by atoms with van der Waals surface area (Å²) in [6.07, 6.45) is 5.40. The zero-order valence-corrected chi connectivity index (χ0v) is 15.2. The van der Waals surface area contributed by atoms with Gasteiger partial charge in [0.05, 0.1) is 0 Å². The average molecular weight is 369 g/mol. The molecule has 4 rings (SSSR count). The minimum atomic E-state index is -0.713. The molecule has 142 valence electrons. The van der Waals surface area contributed by atoms with Gasteiger partial charge in [-0.2, -0.15) is 0 Å². The van der Waals surface area contributed by atoms with Crippen LogP contribution < -0.4 is 4.74 Å². The molecule has 2 aromatic rings. The Balaban J connectivity index is 1.46. The zero-order chi connectivity index (χ0) is 18.8. The number of benzene rings is 2. The van der Waals surface area contributed by atoms with Crippen molar-refractivity contribution >= 4 is 5.97 Å². The van der Waals surface area contributed by atoms with E-state index in [9.17, 15) is 14.3 Å². The first-order valence-electron chi connectivity index (χ1n) is 9.61. The highest BCUT2D eigenvalue weighted by molar-refractivity contribution is 5.74. The number of ether oxygens (including phenoxy) is 1. The lowest BCUT2D eigenvalue weighted by atomic mass is 9.84. The van der Waals surface area contributed by atoms with Gasteiger partial charge in [-0.3, -0.25) is 9.69 Å². The first kappa shape index (κ1) is 18.0. The molecule has 27 heavy (non-hydrogen) atoms. The molecule has 1 heterocycles. The first-order valence-corrected chi connectivity index (χ1v) is 9.61. The second-order valence-electron chi connectivity index (χ2n) is 7.58. The third-order valence-electron chi connectivity index (χ3n) is 5.83. The molecule has 2 aliphatic rings. The van der Waals surface area contributed by atoms with Crippen LogP contribution in [0.2, 0.25) is 0 Å². The molecule has 3 unspecified atom stereocenters. The molecule has 2 aromatic carbocycles. The molecule has 1 N–H and O–H groups in total. The summed E-state index contributed by atoms with van der Waals surface area (Å²) < 4.78 is 18.9. The molecule has 1 saturated carbocycles. The Morgan fingerprint density at radius 2 is 1.89 bits per heavy atom. The third-order valence-corrected chi connectivity index (χ3v) is 5.83. The predicted molar refractivity (Wildman–Crippen MR) is 100 cm³/mol. The molecule has 0 aromatic heterocycles. The molecular formula is C22H24FNO3. The number of nitrogens with zero attached hydrogens (tertiary/aromatic N) is 1. The average Bonchev–Trinajstić information content (AvgIpc) is 3.02. The Morgan fingerprint density at radius 3 is 2.63 bits per heavy atom. The summed E-state index contributed by atoms with van der Waals surface area (Å²) in [5.41, 5.74) is 1.07. The zero-order valence-electron chi connectivity index (χ0n) is 15.2. The van der Waals surface area contributed by atoms with Gasteiger partial charge in [-0.15, -0.1) is 0 Å². The number of carboxylic acids is 1. The van der Waals surface area contributed by atoms with Gasteiger partial charge in [0.1, 0.15) is 23.4 Å². The number of aliphatic carboxylic acids is 1. The van der Waals surface area contributed by atoms with E-state index in [0.29, 0.717) is 30.0 Å². The maximum absolute atomic E-state index is 13.3. The number of carboxylic acid groups (broad SMARTS) is 1. The molecule has 1 aliphatic carbocycles. The number of rotatable bonds is 5. The third kappa shape index (κ3) is 3.98. The summed E-state index contributed by atoms with van der Waals surface area (Å²) in [6.45, 7) is 0.637. The van der Waals surface area contributed by atoms with Crippen molar-refractivity contribution in [2.24, 2.45) is 5.92 Å². The SMILES string of the molecule is O=C(O)C1CC2CCCCC2N1Cc1ccc(Oc2cccc(F)c2)cc1. The number of carbonyl (C=O) groups is 1. The predicted octanol–water partition coefficient (Wildman–Crippen LogP) is 4.84. The van der Waals surface area contributed by atoms with Gasteiger partial charge in [0.25, 0.3) is 0 Å². The fourth-order valence-corrected chi connectivity index (χ4v) is 4.56. The Kier molecular flexibility index (Phi) is 5.12. The van der Waals surface area contributed by atoms with Crippen LogP contribution in [0.5, 0.6) is 11.5 Å². The van der Waals surface area contributed by atoms with Crippen molar-refractivity contribution < 1.29 is 19.0 Å². The highest BCUT2D eigenvalue weighted by atomic mass is 19.1. The quantitative estimate of drug-likeness (QED) is 0.820. The smallest absolute Gasteiger partial charge is 0.320 e. The van der Waals surface area contributed by atoms with Gasteiger partial charge >= 0.3 is 5.97 Å². The van der Waals surface area contributed by atoms with Crippen molar-refractivity contribution in [1.82, 2.24) is 4.90 Å². The van der Waals surface area contributed by atoms with Gasteiger partial charge in [0.15, 0.2) is 0 Å². The number of likely N-dealkylation sites (tertiary alicyclic amines) is 1. The number of hydrogen-bond acceptors (Lipinski definition) is 3. The molecule has 0 radical (unpaired) electrons. The Labute approximate surface area is 158 Å². The van der Waals surface area contributed by atoms with Crippen molar-refractivity contribution in [2.45, 2.75) is 50.7 Å². The summed E-state index contributed by atoms with van der Waals surface area (Å²) in [6, 6.07) is 13.7. The van der Waals surface area contributed by atoms with Gasteiger partial charge in [0.2, 0.25) is 0 Å². The second-order valence-corrected chi connectivity index (χ2v) is 7.58. The maximum atomic E-state index is 13.3. The highest BCUT2D eigenvalue weighted by Crippen LogP contribution is 2.40. The summed E-state index contributed by atoms with van der Waals surface area (Å²) in [4.78, 5) is 13.9. The lowest BCUT2D eigenvalue weighted by Crippen LogP contribution is -2.41. The summed E-state index contributed by atoms with van der Waals surface area (Å²) in [7, 11) is 0. The van der Waals surface area contributed by atoms with E-state index in [1.165, 1.54) is 25.0 Å². The monoisotopic (exact) mass is 369 g/mol. The lowest BCUT2D eigenvalue weighted by molar-refractivity contribution is -0.142. The molecule has 5 heteroatoms. The van der Waals surface area contributed by atoms with E-state index in [2.05, 4.69) is 4.90 Å². The highest BCUT2D eigenvalue weighted by Gasteiger charge is 2.44. The Morgan fingerprint density at radius 1 is 1.11 bits per heavy atom. The Bertz CT molecular complexity index is 807. The van der Waals surface area contributed by atoms with E-state index >= 15 is 0 Å². The normalized spacial score (nSPS) is 25.1. The van der Waals surface area contributed by atoms with Crippen molar-refractivity contribution in [3.05, 3.63) is 59.9 Å². The fraction of sp³-hybridized carbons (Fsp3) is 0.409. The van der Waals surface area contributed by atoms with Crippen LogP contribution in [-0.2, 0) is 11.3 Å². The van der Waals surface area contributed by atoms with E-state index in [1.807, 2.05) is 24.3 Å². The van der Waals surface area contributed by atoms with Crippen LogP contribution in [0.4, 0.5) is 4.39 Å². The number of halogens is 1. The van der Waals surface area contributed by atoms with E-state index in [4.69, 9.17) is 4.74 Å². The Hall–Kier alpha value is -2.40. The fourth-order valence-electron chi connectivity index (χ4n) is 4.56. The van der Waals surface area contributed by atoms with E-state index in [1.54, 1.807) is 12.1 Å². The van der Waals surface area contributed by atoms with Gasteiger partial charge in [-0.05, 0) is 55.0 Å². The molecule has 0 bridgehead atoms. The van der Waals surface area contributed by atoms with Gasteiger partial charge in [-0.25, -0.2) is 4.39 Å². The van der Waals surface area contributed by atoms with Crippen molar-refractivity contribution in [1.29, 1.82) is 0 Å². The lowest BCUT2D eigenvalue weighted by Gasteiger charge is -2.33. The topological polar surface area (TPSA) is 49.8 Å². The van der Waals surface area contributed by atoms with E-state index in [-0.39, 0.29) is 11.9 Å². The van der Waals surface area contributed by atoms with Crippen molar-refractivity contribution in [3.63, 3.8) is 0 Å². The standard InChI is InChI=1S/C22H24FNO3/c23-17-5-3-6-19(13-17)27-18-10-8-15(9-11-18)14-24-20-7-2-1-4-16(20)12-21(24)22(25)26/h3,5-6,8-11,13,16,20-21H,1-2,4,7,12,14H2,(H,25,26). The van der Waals surface area contributed by atoms with Gasteiger partial charge in [0, 0.05) is 18.7 Å². The van der Waals surface area contributed by atoms with Gasteiger partial charge < -0.3 is 9.84 Å². The van der Waals surface area contributed by atoms with Crippen LogP contribution in [0.3, 0.4) is 0 Å². The number of hydrogen-bond donors (Lipinski definition) is 1. The van der Waals surface area contributed by atoms with Crippen molar-refractivity contribution in [3.8, 4) is 11.5 Å². The minimum Gasteiger partial charge on any atom is -0.480 e. The van der Waals surface area contributed by atoms with Crippen LogP contribution in [0.15, 0.2) is 48.5 Å². The summed E-state index contributed by atoms with van der Waals surface area (Å²) in [5, 5.41) is 9.65. The van der Waals surface area contributed by atoms with Crippen LogP contribution in [0, 0.1) is 11.7 Å². The van der Waals surface area contributed by atoms with Crippen LogP contribution in [-0.4, -0.2) is 28.1 Å². The van der Waals surface area contributed by atoms with Crippen LogP contribution in [0.25, 0.3) is 0 Å². The van der Waals surface area contributed by atoms with Crippen molar-refractivity contribution in [2.75, 3.05) is 0 Å². The molecule has 3 atom stereocenters. The molecule has 0 spiro atoms. The number of fused-ring (bicyclic) bond motifs is 1. The molecule has 4 nitrogen and oxygen atoms in total. The first-order chi connectivity index (χ1) is 13.1. The molecule has 1 saturated heterocycles.